The van der Waals surface area contributed by atoms with Crippen molar-refractivity contribution in [3.63, 3.8) is 0 Å². The molecule has 2 amide bonds. The molecule has 3 heterocycles. The molecule has 1 aromatic rings. The van der Waals surface area contributed by atoms with Gasteiger partial charge in [0.15, 0.2) is 0 Å². The lowest BCUT2D eigenvalue weighted by Crippen LogP contribution is -2.44. The van der Waals surface area contributed by atoms with Crippen LogP contribution in [-0.2, 0) is 20.7 Å². The van der Waals surface area contributed by atoms with Crippen molar-refractivity contribution in [2.75, 3.05) is 31.6 Å². The summed E-state index contributed by atoms with van der Waals surface area (Å²) in [5, 5.41) is 9.65. The summed E-state index contributed by atoms with van der Waals surface area (Å²) < 4.78 is 5.34. The number of nitrogens with zero attached hydrogens (tertiary/aromatic N) is 4. The highest BCUT2D eigenvalue weighted by atomic mass is 32.1. The van der Waals surface area contributed by atoms with E-state index in [0.29, 0.717) is 24.8 Å². The van der Waals surface area contributed by atoms with Crippen molar-refractivity contribution in [1.29, 1.82) is 0 Å². The number of hydrogen-bond acceptors (Lipinski definition) is 6. The van der Waals surface area contributed by atoms with Crippen molar-refractivity contribution in [1.82, 2.24) is 15.1 Å². The van der Waals surface area contributed by atoms with E-state index in [1.807, 2.05) is 11.8 Å². The van der Waals surface area contributed by atoms with Gasteiger partial charge in [-0.3, -0.25) is 14.5 Å². The molecule has 0 aliphatic carbocycles. The molecular formula is C15H22N4O3S. The molecule has 0 spiro atoms. The third-order valence-electron chi connectivity index (χ3n) is 4.55. The Morgan fingerprint density at radius 1 is 1.35 bits per heavy atom. The van der Waals surface area contributed by atoms with Crippen molar-refractivity contribution < 1.29 is 14.3 Å². The van der Waals surface area contributed by atoms with Crippen molar-refractivity contribution in [2.24, 2.45) is 5.92 Å². The van der Waals surface area contributed by atoms with E-state index < -0.39 is 0 Å². The third-order valence-corrected chi connectivity index (χ3v) is 5.64. The maximum atomic E-state index is 12.7. The standard InChI is InChI=1S/C15H22N4O3S/c1-3-12-16-17-15(23-12)19-9-10(8-13(19)20)14(21)18-6-4-11(22-2)5-7-18/h10-11H,3-9H2,1-2H3. The molecule has 2 fully saturated rings. The monoisotopic (exact) mass is 338 g/mol. The van der Waals surface area contributed by atoms with Gasteiger partial charge in [-0.15, -0.1) is 10.2 Å². The van der Waals surface area contributed by atoms with Crippen LogP contribution >= 0.6 is 11.3 Å². The van der Waals surface area contributed by atoms with Crippen LogP contribution in [0.15, 0.2) is 0 Å². The Morgan fingerprint density at radius 3 is 2.70 bits per heavy atom. The number of piperidine rings is 1. The predicted octanol–water partition coefficient (Wildman–Crippen LogP) is 1.09. The first kappa shape index (κ1) is 16.3. The molecule has 2 aliphatic heterocycles. The number of carbonyl (C=O) groups is 2. The zero-order valence-corrected chi connectivity index (χ0v) is 14.3. The van der Waals surface area contributed by atoms with Gasteiger partial charge < -0.3 is 9.64 Å². The second-order valence-corrected chi connectivity index (χ2v) is 7.04. The van der Waals surface area contributed by atoms with Crippen LogP contribution in [0.1, 0.15) is 31.2 Å². The Balaban J connectivity index is 1.62. The Morgan fingerprint density at radius 2 is 2.09 bits per heavy atom. The molecule has 0 bridgehead atoms. The Bertz CT molecular complexity index is 583. The zero-order chi connectivity index (χ0) is 16.4. The van der Waals surface area contributed by atoms with E-state index in [-0.39, 0.29) is 30.3 Å². The molecule has 8 heteroatoms. The number of amides is 2. The number of aromatic nitrogens is 2. The molecule has 2 aliphatic rings. The first-order valence-corrected chi connectivity index (χ1v) is 8.88. The summed E-state index contributed by atoms with van der Waals surface area (Å²) in [6, 6.07) is 0. The minimum absolute atomic E-state index is 0.0334. The summed E-state index contributed by atoms with van der Waals surface area (Å²) in [6.45, 7) is 3.84. The highest BCUT2D eigenvalue weighted by Gasteiger charge is 2.39. The van der Waals surface area contributed by atoms with Gasteiger partial charge in [-0.25, -0.2) is 0 Å². The normalized spacial score (nSPS) is 22.9. The van der Waals surface area contributed by atoms with Crippen LogP contribution in [0.2, 0.25) is 0 Å². The number of aryl methyl sites for hydroxylation is 1. The van der Waals surface area contributed by atoms with E-state index in [4.69, 9.17) is 4.74 Å². The van der Waals surface area contributed by atoms with Crippen molar-refractivity contribution in [3.05, 3.63) is 5.01 Å². The van der Waals surface area contributed by atoms with Crippen LogP contribution in [0.5, 0.6) is 0 Å². The van der Waals surface area contributed by atoms with Crippen molar-refractivity contribution in [3.8, 4) is 0 Å². The van der Waals surface area contributed by atoms with Crippen LogP contribution in [0.3, 0.4) is 0 Å². The SMILES string of the molecule is CCc1nnc(N2CC(C(=O)N3CCC(OC)CC3)CC2=O)s1. The summed E-state index contributed by atoms with van der Waals surface area (Å²) >= 11 is 1.43. The van der Waals surface area contributed by atoms with E-state index in [1.165, 1.54) is 11.3 Å². The summed E-state index contributed by atoms with van der Waals surface area (Å²) in [4.78, 5) is 28.4. The molecule has 126 valence electrons. The summed E-state index contributed by atoms with van der Waals surface area (Å²) in [5.74, 6) is -0.222. The highest BCUT2D eigenvalue weighted by molar-refractivity contribution is 7.15. The molecule has 1 aromatic heterocycles. The second-order valence-electron chi connectivity index (χ2n) is 6.00. The van der Waals surface area contributed by atoms with Gasteiger partial charge in [0.05, 0.1) is 12.0 Å². The Labute approximate surface area is 139 Å². The second kappa shape index (κ2) is 6.92. The molecule has 1 atom stereocenters. The van der Waals surface area contributed by atoms with Gasteiger partial charge in [0.2, 0.25) is 16.9 Å². The summed E-state index contributed by atoms with van der Waals surface area (Å²) in [6.07, 6.45) is 3.04. The van der Waals surface area contributed by atoms with E-state index in [9.17, 15) is 9.59 Å². The topological polar surface area (TPSA) is 75.6 Å². The molecule has 2 saturated heterocycles. The highest BCUT2D eigenvalue weighted by Crippen LogP contribution is 2.29. The fourth-order valence-electron chi connectivity index (χ4n) is 3.12. The van der Waals surface area contributed by atoms with E-state index in [2.05, 4.69) is 10.2 Å². The maximum Gasteiger partial charge on any atom is 0.229 e. The van der Waals surface area contributed by atoms with Gasteiger partial charge in [0, 0.05) is 33.2 Å². The molecule has 0 N–H and O–H groups in total. The van der Waals surface area contributed by atoms with Gasteiger partial charge in [-0.05, 0) is 19.3 Å². The number of anilines is 1. The van der Waals surface area contributed by atoms with Crippen molar-refractivity contribution >= 4 is 28.3 Å². The van der Waals surface area contributed by atoms with Crippen LogP contribution in [0, 0.1) is 5.92 Å². The molecule has 3 rings (SSSR count). The fraction of sp³-hybridized carbons (Fsp3) is 0.733. The number of likely N-dealkylation sites (tertiary alicyclic amines) is 1. The van der Waals surface area contributed by atoms with Gasteiger partial charge >= 0.3 is 0 Å². The minimum atomic E-state index is -0.268. The summed E-state index contributed by atoms with van der Waals surface area (Å²) in [5.41, 5.74) is 0. The van der Waals surface area contributed by atoms with Crippen LogP contribution < -0.4 is 4.90 Å². The minimum Gasteiger partial charge on any atom is -0.381 e. The molecule has 23 heavy (non-hydrogen) atoms. The first-order chi connectivity index (χ1) is 11.1. The van der Waals surface area contributed by atoms with Gasteiger partial charge in [-0.1, -0.05) is 18.3 Å². The average molecular weight is 338 g/mol. The van der Waals surface area contributed by atoms with Crippen LogP contribution in [0.4, 0.5) is 5.13 Å². The van der Waals surface area contributed by atoms with E-state index in [1.54, 1.807) is 12.0 Å². The maximum absolute atomic E-state index is 12.7. The van der Waals surface area contributed by atoms with Crippen LogP contribution in [-0.4, -0.2) is 59.8 Å². The molecular weight excluding hydrogens is 316 g/mol. The lowest BCUT2D eigenvalue weighted by atomic mass is 10.0. The number of hydrogen-bond donors (Lipinski definition) is 0. The fourth-order valence-corrected chi connectivity index (χ4v) is 3.93. The lowest BCUT2D eigenvalue weighted by Gasteiger charge is -2.32. The number of carbonyl (C=O) groups excluding carboxylic acids is 2. The predicted molar refractivity (Wildman–Crippen MR) is 86.4 cm³/mol. The van der Waals surface area contributed by atoms with Crippen molar-refractivity contribution in [2.45, 2.75) is 38.7 Å². The third kappa shape index (κ3) is 3.37. The smallest absolute Gasteiger partial charge is 0.229 e. The number of rotatable bonds is 4. The molecule has 0 saturated carbocycles. The van der Waals surface area contributed by atoms with Gasteiger partial charge in [0.1, 0.15) is 5.01 Å². The zero-order valence-electron chi connectivity index (χ0n) is 13.5. The number of methoxy groups -OCH3 is 1. The Kier molecular flexibility index (Phi) is 4.91. The largest absolute Gasteiger partial charge is 0.381 e. The van der Waals surface area contributed by atoms with Crippen LogP contribution in [0.25, 0.3) is 0 Å². The number of ether oxygens (including phenoxy) is 1. The average Bonchev–Trinajstić information content (AvgIpc) is 3.20. The quantitative estimate of drug-likeness (QED) is 0.821. The molecule has 0 radical (unpaired) electrons. The molecule has 0 aromatic carbocycles. The summed E-state index contributed by atoms with van der Waals surface area (Å²) in [7, 11) is 1.71. The van der Waals surface area contributed by atoms with Gasteiger partial charge in [0.25, 0.3) is 0 Å². The lowest BCUT2D eigenvalue weighted by molar-refractivity contribution is -0.138. The van der Waals surface area contributed by atoms with E-state index in [0.717, 1.165) is 24.3 Å². The van der Waals surface area contributed by atoms with Gasteiger partial charge in [-0.2, -0.15) is 0 Å². The molecule has 1 unspecified atom stereocenters. The first-order valence-electron chi connectivity index (χ1n) is 8.06. The molecule has 7 nitrogen and oxygen atoms in total. The Hall–Kier alpha value is -1.54. The van der Waals surface area contributed by atoms with E-state index >= 15 is 0 Å².